The number of hydrogen-bond donors (Lipinski definition) is 1. The Morgan fingerprint density at radius 2 is 1.83 bits per heavy atom. The molecule has 0 radical (unpaired) electrons. The number of nitrogens with zero attached hydrogens (tertiary/aromatic N) is 1. The van der Waals surface area contributed by atoms with Crippen LogP contribution in [0.3, 0.4) is 0 Å². The summed E-state index contributed by atoms with van der Waals surface area (Å²) >= 11 is 6.08. The number of hydrogen-bond acceptors (Lipinski definition) is 4. The first-order valence-electron chi connectivity index (χ1n) is 9.42. The number of nitrogens with one attached hydrogen (secondary N) is 1. The lowest BCUT2D eigenvalue weighted by Crippen LogP contribution is -2.49. The maximum Gasteiger partial charge on any atom is 0.244 e. The fourth-order valence-electron chi connectivity index (χ4n) is 3.03. The molecule has 0 aliphatic heterocycles. The molecular formula is C21H27ClN2O4S. The zero-order valence-electron chi connectivity index (χ0n) is 17.1. The van der Waals surface area contributed by atoms with Crippen molar-refractivity contribution in [2.24, 2.45) is 0 Å². The molecule has 1 N–H and O–H groups in total. The molecule has 6 nitrogen and oxygen atoms in total. The molecule has 0 saturated heterocycles. The largest absolute Gasteiger partial charge is 0.494 e. The molecule has 0 spiro atoms. The molecule has 0 heterocycles. The fourth-order valence-corrected chi connectivity index (χ4v) is 4.46. The minimum atomic E-state index is -3.71. The van der Waals surface area contributed by atoms with Gasteiger partial charge in [0.2, 0.25) is 15.9 Å². The summed E-state index contributed by atoms with van der Waals surface area (Å²) in [5.74, 6) is 0.389. The molecule has 158 valence electrons. The molecule has 0 saturated carbocycles. The van der Waals surface area contributed by atoms with E-state index < -0.39 is 16.1 Å². The van der Waals surface area contributed by atoms with Gasteiger partial charge < -0.3 is 10.1 Å². The molecule has 8 heteroatoms. The predicted octanol–water partition coefficient (Wildman–Crippen LogP) is 3.91. The van der Waals surface area contributed by atoms with Gasteiger partial charge in [0.1, 0.15) is 11.8 Å². The smallest absolute Gasteiger partial charge is 0.244 e. The second-order valence-corrected chi connectivity index (χ2v) is 9.00. The van der Waals surface area contributed by atoms with E-state index in [1.54, 1.807) is 32.0 Å². The number of halogens is 1. The summed E-state index contributed by atoms with van der Waals surface area (Å²) < 4.78 is 31.7. The molecule has 0 aliphatic rings. The van der Waals surface area contributed by atoms with Crippen molar-refractivity contribution in [1.82, 2.24) is 5.32 Å². The Morgan fingerprint density at radius 3 is 2.38 bits per heavy atom. The molecule has 1 atom stereocenters. The van der Waals surface area contributed by atoms with Gasteiger partial charge in [0.25, 0.3) is 0 Å². The van der Waals surface area contributed by atoms with Gasteiger partial charge in [-0.3, -0.25) is 9.10 Å². The monoisotopic (exact) mass is 438 g/mol. The Labute approximate surface area is 177 Å². The summed E-state index contributed by atoms with van der Waals surface area (Å²) in [6.45, 7) is 6.34. The van der Waals surface area contributed by atoms with Crippen LogP contribution < -0.4 is 14.4 Å². The molecule has 0 unspecified atom stereocenters. The van der Waals surface area contributed by atoms with Gasteiger partial charge in [0.15, 0.2) is 0 Å². The van der Waals surface area contributed by atoms with Gasteiger partial charge in [-0.05, 0) is 55.7 Å². The van der Waals surface area contributed by atoms with E-state index in [2.05, 4.69) is 5.32 Å². The van der Waals surface area contributed by atoms with Crippen LogP contribution in [0.4, 0.5) is 5.69 Å². The average Bonchev–Trinajstić information content (AvgIpc) is 2.66. The summed E-state index contributed by atoms with van der Waals surface area (Å²) in [5, 5.41) is 3.25. The van der Waals surface area contributed by atoms with Crippen molar-refractivity contribution in [3.63, 3.8) is 0 Å². The Hall–Kier alpha value is -2.25. The lowest BCUT2D eigenvalue weighted by molar-refractivity contribution is -0.122. The summed E-state index contributed by atoms with van der Waals surface area (Å²) in [4.78, 5) is 12.9. The van der Waals surface area contributed by atoms with Crippen molar-refractivity contribution < 1.29 is 17.9 Å². The molecule has 2 aromatic rings. The van der Waals surface area contributed by atoms with E-state index in [1.807, 2.05) is 31.2 Å². The minimum absolute atomic E-state index is 0.286. The molecule has 2 rings (SSSR count). The maximum atomic E-state index is 12.9. The number of carbonyl (C=O) groups excluding carboxylic acids is 1. The number of ether oxygens (including phenoxy) is 1. The van der Waals surface area contributed by atoms with Crippen LogP contribution in [0.2, 0.25) is 5.02 Å². The van der Waals surface area contributed by atoms with Crippen LogP contribution in [0.5, 0.6) is 5.75 Å². The van der Waals surface area contributed by atoms with E-state index in [9.17, 15) is 13.2 Å². The van der Waals surface area contributed by atoms with Crippen LogP contribution in [-0.2, 0) is 21.4 Å². The van der Waals surface area contributed by atoms with Crippen LogP contribution in [-0.4, -0.2) is 33.2 Å². The molecule has 2 aromatic carbocycles. The summed E-state index contributed by atoms with van der Waals surface area (Å²) in [5.41, 5.74) is 2.02. The average molecular weight is 439 g/mol. The Balaban J connectivity index is 2.23. The fraction of sp³-hybridized carbons (Fsp3) is 0.381. The second-order valence-electron chi connectivity index (χ2n) is 6.71. The molecule has 0 aliphatic carbocycles. The molecule has 0 fully saturated rings. The van der Waals surface area contributed by atoms with Crippen LogP contribution >= 0.6 is 11.6 Å². The van der Waals surface area contributed by atoms with Crippen molar-refractivity contribution in [3.8, 4) is 5.75 Å². The van der Waals surface area contributed by atoms with Gasteiger partial charge in [-0.15, -0.1) is 0 Å². The Morgan fingerprint density at radius 1 is 1.17 bits per heavy atom. The Kier molecular flexibility index (Phi) is 7.93. The van der Waals surface area contributed by atoms with Crippen LogP contribution in [0.1, 0.15) is 31.4 Å². The summed E-state index contributed by atoms with van der Waals surface area (Å²) in [6.07, 6.45) is 1.41. The number of amides is 1. The van der Waals surface area contributed by atoms with Crippen molar-refractivity contribution in [1.29, 1.82) is 0 Å². The number of rotatable bonds is 9. The lowest BCUT2D eigenvalue weighted by Gasteiger charge is -2.31. The molecule has 1 amide bonds. The third-order valence-electron chi connectivity index (χ3n) is 4.44. The van der Waals surface area contributed by atoms with Crippen LogP contribution in [0, 0.1) is 6.92 Å². The number of sulfonamides is 1. The van der Waals surface area contributed by atoms with E-state index in [0.717, 1.165) is 27.4 Å². The maximum absolute atomic E-state index is 12.9. The van der Waals surface area contributed by atoms with Crippen LogP contribution in [0.15, 0.2) is 42.5 Å². The highest BCUT2D eigenvalue weighted by Crippen LogP contribution is 2.29. The highest BCUT2D eigenvalue weighted by molar-refractivity contribution is 7.92. The number of carbonyl (C=O) groups is 1. The molecule has 0 aromatic heterocycles. The zero-order valence-corrected chi connectivity index (χ0v) is 18.7. The van der Waals surface area contributed by atoms with Crippen molar-refractivity contribution >= 4 is 33.2 Å². The zero-order chi connectivity index (χ0) is 21.6. The van der Waals surface area contributed by atoms with Gasteiger partial charge in [0, 0.05) is 11.6 Å². The first kappa shape index (κ1) is 23.0. The van der Waals surface area contributed by atoms with E-state index in [4.69, 9.17) is 16.3 Å². The first-order chi connectivity index (χ1) is 13.7. The number of anilines is 1. The molecular weight excluding hydrogens is 412 g/mol. The SMILES string of the molecule is CCOc1ccc(CNC(=O)[C@@H](CC)N(c2cc(Cl)ccc2C)S(C)(=O)=O)cc1. The minimum Gasteiger partial charge on any atom is -0.494 e. The second kappa shape index (κ2) is 9.98. The van der Waals surface area contributed by atoms with E-state index in [0.29, 0.717) is 23.7 Å². The van der Waals surface area contributed by atoms with E-state index in [1.165, 1.54) is 0 Å². The van der Waals surface area contributed by atoms with Gasteiger partial charge in [-0.2, -0.15) is 0 Å². The first-order valence-corrected chi connectivity index (χ1v) is 11.6. The normalized spacial score (nSPS) is 12.3. The highest BCUT2D eigenvalue weighted by atomic mass is 35.5. The lowest BCUT2D eigenvalue weighted by atomic mass is 10.1. The quantitative estimate of drug-likeness (QED) is 0.644. The topological polar surface area (TPSA) is 75.7 Å². The van der Waals surface area contributed by atoms with Gasteiger partial charge >= 0.3 is 0 Å². The van der Waals surface area contributed by atoms with Gasteiger partial charge in [-0.1, -0.05) is 36.7 Å². The third-order valence-corrected chi connectivity index (χ3v) is 5.84. The molecule has 0 bridgehead atoms. The van der Waals surface area contributed by atoms with Crippen molar-refractivity contribution in [3.05, 3.63) is 58.6 Å². The van der Waals surface area contributed by atoms with Gasteiger partial charge in [0.05, 0.1) is 18.6 Å². The van der Waals surface area contributed by atoms with Crippen molar-refractivity contribution in [2.45, 2.75) is 39.8 Å². The van der Waals surface area contributed by atoms with Crippen LogP contribution in [0.25, 0.3) is 0 Å². The van der Waals surface area contributed by atoms with E-state index in [-0.39, 0.29) is 12.5 Å². The molecule has 29 heavy (non-hydrogen) atoms. The third kappa shape index (κ3) is 6.11. The van der Waals surface area contributed by atoms with Crippen molar-refractivity contribution in [2.75, 3.05) is 17.2 Å². The number of aryl methyl sites for hydroxylation is 1. The number of benzene rings is 2. The standard InChI is InChI=1S/C21H27ClN2O4S/c1-5-19(21(25)23-14-16-8-11-18(12-9-16)28-6-2)24(29(4,26)27)20-13-17(22)10-7-15(20)3/h7-13,19H,5-6,14H2,1-4H3,(H,23,25)/t19-/m1/s1. The van der Waals surface area contributed by atoms with Gasteiger partial charge in [-0.25, -0.2) is 8.42 Å². The summed E-state index contributed by atoms with van der Waals surface area (Å²) in [6, 6.07) is 11.5. The Bertz CT molecular complexity index is 946. The highest BCUT2D eigenvalue weighted by Gasteiger charge is 2.32. The summed E-state index contributed by atoms with van der Waals surface area (Å²) in [7, 11) is -3.71. The van der Waals surface area contributed by atoms with E-state index >= 15 is 0 Å². The predicted molar refractivity (Wildman–Crippen MR) is 117 cm³/mol.